The molecule has 5 heteroatoms. The van der Waals surface area contributed by atoms with Crippen LogP contribution >= 0.6 is 11.6 Å². The summed E-state index contributed by atoms with van der Waals surface area (Å²) in [5.74, 6) is 0.134. The Morgan fingerprint density at radius 2 is 2.10 bits per heavy atom. The summed E-state index contributed by atoms with van der Waals surface area (Å²) >= 11 is 6.10. The second kappa shape index (κ2) is 7.29. The number of rotatable bonds is 6. The fourth-order valence-electron chi connectivity index (χ4n) is 2.10. The second-order valence-electron chi connectivity index (χ2n) is 4.96. The Hall–Kier alpha value is -1.78. The monoisotopic (exact) mass is 307 g/mol. The predicted octanol–water partition coefficient (Wildman–Crippen LogP) is 2.96. The van der Waals surface area contributed by atoms with Gasteiger partial charge in [-0.15, -0.1) is 0 Å². The van der Waals surface area contributed by atoms with Gasteiger partial charge in [-0.1, -0.05) is 36.7 Å². The maximum absolute atomic E-state index is 12.2. The van der Waals surface area contributed by atoms with Crippen LogP contribution in [0, 0.1) is 5.92 Å². The molecule has 2 rings (SSSR count). The molecule has 1 aromatic carbocycles. The van der Waals surface area contributed by atoms with Crippen molar-refractivity contribution in [3.63, 3.8) is 0 Å². The summed E-state index contributed by atoms with van der Waals surface area (Å²) in [5, 5.41) is 12.8. The lowest BCUT2D eigenvalue weighted by molar-refractivity contribution is -0.125. The van der Waals surface area contributed by atoms with E-state index in [9.17, 15) is 9.90 Å². The van der Waals surface area contributed by atoms with Gasteiger partial charge < -0.3 is 14.8 Å². The molecule has 112 valence electrons. The Balaban J connectivity index is 1.98. The maximum atomic E-state index is 12.2. The fraction of sp³-hybridized carbons (Fsp3) is 0.312. The first-order valence-electron chi connectivity index (χ1n) is 6.80. The zero-order chi connectivity index (χ0) is 15.2. The van der Waals surface area contributed by atoms with E-state index < -0.39 is 6.04 Å². The topological polar surface area (TPSA) is 62.5 Å². The zero-order valence-electron chi connectivity index (χ0n) is 11.8. The van der Waals surface area contributed by atoms with Gasteiger partial charge >= 0.3 is 0 Å². The number of benzene rings is 1. The normalized spacial score (nSPS) is 13.7. The van der Waals surface area contributed by atoms with Crippen LogP contribution in [0.25, 0.3) is 0 Å². The van der Waals surface area contributed by atoms with Crippen LogP contribution < -0.4 is 5.32 Å². The summed E-state index contributed by atoms with van der Waals surface area (Å²) in [6, 6.07) is 10.4. The lowest BCUT2D eigenvalue weighted by atomic mass is 10.00. The summed E-state index contributed by atoms with van der Waals surface area (Å²) in [7, 11) is 0. The van der Waals surface area contributed by atoms with Crippen molar-refractivity contribution < 1.29 is 14.3 Å². The van der Waals surface area contributed by atoms with E-state index in [-0.39, 0.29) is 18.4 Å². The standard InChI is InChI=1S/C16H18ClNO3/c1-11(9-12-5-2-3-6-13(12)17)16(20)18-14(10-19)15-7-4-8-21-15/h2-8,11,14,19H,9-10H2,1H3,(H,18,20). The molecular formula is C16H18ClNO3. The predicted molar refractivity (Wildman–Crippen MR) is 81.0 cm³/mol. The van der Waals surface area contributed by atoms with Gasteiger partial charge in [0.25, 0.3) is 0 Å². The minimum absolute atomic E-state index is 0.148. The molecule has 0 aliphatic heterocycles. The number of furan rings is 1. The summed E-state index contributed by atoms with van der Waals surface area (Å²) in [6.07, 6.45) is 2.05. The van der Waals surface area contributed by atoms with Gasteiger partial charge in [-0.25, -0.2) is 0 Å². The number of nitrogens with one attached hydrogen (secondary N) is 1. The van der Waals surface area contributed by atoms with Crippen LogP contribution in [0.2, 0.25) is 5.02 Å². The van der Waals surface area contributed by atoms with Crippen molar-refractivity contribution in [1.29, 1.82) is 0 Å². The number of carbonyl (C=O) groups is 1. The van der Waals surface area contributed by atoms with Crippen LogP contribution in [-0.2, 0) is 11.2 Å². The summed E-state index contributed by atoms with van der Waals surface area (Å²) < 4.78 is 5.21. The molecule has 1 amide bonds. The molecule has 1 heterocycles. The summed E-state index contributed by atoms with van der Waals surface area (Å²) in [6.45, 7) is 1.62. The molecule has 0 aliphatic carbocycles. The summed E-state index contributed by atoms with van der Waals surface area (Å²) in [4.78, 5) is 12.2. The molecule has 0 fully saturated rings. The van der Waals surface area contributed by atoms with E-state index in [2.05, 4.69) is 5.32 Å². The molecule has 2 aromatic rings. The van der Waals surface area contributed by atoms with E-state index >= 15 is 0 Å². The molecule has 4 nitrogen and oxygen atoms in total. The molecule has 0 radical (unpaired) electrons. The third-order valence-electron chi connectivity index (χ3n) is 3.32. The first-order valence-corrected chi connectivity index (χ1v) is 7.17. The minimum Gasteiger partial charge on any atom is -0.467 e. The van der Waals surface area contributed by atoms with Gasteiger partial charge in [0, 0.05) is 10.9 Å². The van der Waals surface area contributed by atoms with Crippen LogP contribution in [0.1, 0.15) is 24.3 Å². The van der Waals surface area contributed by atoms with Crippen molar-refractivity contribution in [2.45, 2.75) is 19.4 Å². The van der Waals surface area contributed by atoms with E-state index in [1.54, 1.807) is 18.2 Å². The van der Waals surface area contributed by atoms with Gasteiger partial charge in [-0.05, 0) is 30.2 Å². The zero-order valence-corrected chi connectivity index (χ0v) is 12.5. The molecule has 0 saturated heterocycles. The second-order valence-corrected chi connectivity index (χ2v) is 5.36. The molecule has 0 bridgehead atoms. The maximum Gasteiger partial charge on any atom is 0.223 e. The molecule has 0 spiro atoms. The number of aliphatic hydroxyl groups is 1. The van der Waals surface area contributed by atoms with E-state index in [0.29, 0.717) is 17.2 Å². The van der Waals surface area contributed by atoms with Crippen LogP contribution in [0.15, 0.2) is 47.1 Å². The molecule has 21 heavy (non-hydrogen) atoms. The van der Waals surface area contributed by atoms with Crippen molar-refractivity contribution in [3.05, 3.63) is 59.0 Å². The average Bonchev–Trinajstić information content (AvgIpc) is 3.00. The van der Waals surface area contributed by atoms with Crippen LogP contribution in [0.4, 0.5) is 0 Å². The Labute approximate surface area is 128 Å². The van der Waals surface area contributed by atoms with E-state index in [1.165, 1.54) is 6.26 Å². The smallest absolute Gasteiger partial charge is 0.223 e. The average molecular weight is 308 g/mol. The van der Waals surface area contributed by atoms with Crippen molar-refractivity contribution in [2.24, 2.45) is 5.92 Å². The van der Waals surface area contributed by atoms with E-state index in [0.717, 1.165) is 5.56 Å². The lowest BCUT2D eigenvalue weighted by Crippen LogP contribution is -2.35. The van der Waals surface area contributed by atoms with Gasteiger partial charge in [-0.2, -0.15) is 0 Å². The Morgan fingerprint density at radius 3 is 2.71 bits per heavy atom. The van der Waals surface area contributed by atoms with Crippen molar-refractivity contribution in [1.82, 2.24) is 5.32 Å². The first kappa shape index (κ1) is 15.6. The lowest BCUT2D eigenvalue weighted by Gasteiger charge is -2.18. The van der Waals surface area contributed by atoms with Crippen LogP contribution in [-0.4, -0.2) is 17.6 Å². The highest BCUT2D eigenvalue weighted by atomic mass is 35.5. The number of hydrogen-bond donors (Lipinski definition) is 2. The van der Waals surface area contributed by atoms with Gasteiger partial charge in [0.15, 0.2) is 0 Å². The van der Waals surface area contributed by atoms with Crippen molar-refractivity contribution in [3.8, 4) is 0 Å². The molecule has 0 saturated carbocycles. The number of hydrogen-bond acceptors (Lipinski definition) is 3. The third-order valence-corrected chi connectivity index (χ3v) is 3.69. The fourth-order valence-corrected chi connectivity index (χ4v) is 2.31. The largest absolute Gasteiger partial charge is 0.467 e. The van der Waals surface area contributed by atoms with Crippen molar-refractivity contribution in [2.75, 3.05) is 6.61 Å². The first-order chi connectivity index (χ1) is 10.1. The number of amides is 1. The molecule has 2 atom stereocenters. The van der Waals surface area contributed by atoms with Gasteiger partial charge in [-0.3, -0.25) is 4.79 Å². The highest BCUT2D eigenvalue weighted by Crippen LogP contribution is 2.20. The minimum atomic E-state index is -0.527. The van der Waals surface area contributed by atoms with Gasteiger partial charge in [0.05, 0.1) is 12.9 Å². The molecule has 2 unspecified atom stereocenters. The SMILES string of the molecule is CC(Cc1ccccc1Cl)C(=O)NC(CO)c1ccco1. The Morgan fingerprint density at radius 1 is 1.33 bits per heavy atom. The van der Waals surface area contributed by atoms with E-state index in [4.69, 9.17) is 16.0 Å². The molecular weight excluding hydrogens is 290 g/mol. The van der Waals surface area contributed by atoms with Gasteiger partial charge in [0.2, 0.25) is 5.91 Å². The summed E-state index contributed by atoms with van der Waals surface area (Å²) in [5.41, 5.74) is 0.931. The van der Waals surface area contributed by atoms with Gasteiger partial charge in [0.1, 0.15) is 11.8 Å². The van der Waals surface area contributed by atoms with Crippen LogP contribution in [0.3, 0.4) is 0 Å². The molecule has 2 N–H and O–H groups in total. The Kier molecular flexibility index (Phi) is 5.42. The highest BCUT2D eigenvalue weighted by Gasteiger charge is 2.21. The highest BCUT2D eigenvalue weighted by molar-refractivity contribution is 6.31. The number of carbonyl (C=O) groups excluding carboxylic acids is 1. The van der Waals surface area contributed by atoms with Crippen molar-refractivity contribution >= 4 is 17.5 Å². The third kappa shape index (κ3) is 4.09. The Bertz CT molecular complexity index is 583. The molecule has 1 aromatic heterocycles. The van der Waals surface area contributed by atoms with Crippen LogP contribution in [0.5, 0.6) is 0 Å². The quantitative estimate of drug-likeness (QED) is 0.862. The van der Waals surface area contributed by atoms with E-state index in [1.807, 2.05) is 25.1 Å². The molecule has 0 aliphatic rings. The number of aliphatic hydroxyl groups excluding tert-OH is 1. The number of halogens is 1.